The van der Waals surface area contributed by atoms with Crippen molar-refractivity contribution in [3.8, 4) is 0 Å². The van der Waals surface area contributed by atoms with Gasteiger partial charge in [0.05, 0.1) is 0 Å². The Labute approximate surface area is 103 Å². The van der Waals surface area contributed by atoms with E-state index in [2.05, 4.69) is 40.7 Å². The van der Waals surface area contributed by atoms with Gasteiger partial charge in [0.25, 0.3) is 0 Å². The Kier molecular flexibility index (Phi) is 10.8. The van der Waals surface area contributed by atoms with E-state index in [-0.39, 0.29) is 32.7 Å². The van der Waals surface area contributed by atoms with Crippen molar-refractivity contribution >= 4 is 0 Å². The molecular formula is C11H21Y-. The van der Waals surface area contributed by atoms with Gasteiger partial charge < -0.3 is 5.92 Å². The van der Waals surface area contributed by atoms with E-state index in [1.54, 1.807) is 5.92 Å². The second kappa shape index (κ2) is 8.44. The van der Waals surface area contributed by atoms with E-state index in [9.17, 15) is 0 Å². The average Bonchev–Trinajstić information content (AvgIpc) is 1.86. The van der Waals surface area contributed by atoms with Crippen LogP contribution in [0, 0.1) is 11.8 Å². The zero-order valence-electron chi connectivity index (χ0n) is 9.15. The number of rotatable bonds is 4. The average molecular weight is 242 g/mol. The van der Waals surface area contributed by atoms with Gasteiger partial charge >= 0.3 is 0 Å². The summed E-state index contributed by atoms with van der Waals surface area (Å²) < 4.78 is 0. The van der Waals surface area contributed by atoms with E-state index in [0.717, 1.165) is 5.92 Å². The maximum absolute atomic E-state index is 2.32. The summed E-state index contributed by atoms with van der Waals surface area (Å²) >= 11 is 0. The molecule has 0 aromatic heterocycles. The Morgan fingerprint density at radius 3 is 2.17 bits per heavy atom. The van der Waals surface area contributed by atoms with Gasteiger partial charge in [0, 0.05) is 32.7 Å². The van der Waals surface area contributed by atoms with Gasteiger partial charge in [-0.05, 0) is 20.3 Å². The third kappa shape index (κ3) is 8.94. The Balaban J connectivity index is 0. The van der Waals surface area contributed by atoms with E-state index < -0.39 is 0 Å². The first-order valence-corrected chi connectivity index (χ1v) is 4.47. The minimum atomic E-state index is 0. The van der Waals surface area contributed by atoms with Crippen LogP contribution >= 0.6 is 0 Å². The predicted octanol–water partition coefficient (Wildman–Crippen LogP) is 3.98. The molecule has 0 nitrogen and oxygen atoms in total. The zero-order valence-corrected chi connectivity index (χ0v) is 12.0. The first-order valence-electron chi connectivity index (χ1n) is 4.47. The summed E-state index contributed by atoms with van der Waals surface area (Å²) in [5.41, 5.74) is 1.44. The third-order valence-corrected chi connectivity index (χ3v) is 2.14. The molecule has 1 atom stereocenters. The maximum Gasteiger partial charge on any atom is 0 e. The van der Waals surface area contributed by atoms with Gasteiger partial charge in [-0.25, -0.2) is 0 Å². The van der Waals surface area contributed by atoms with Gasteiger partial charge in [0.15, 0.2) is 0 Å². The topological polar surface area (TPSA) is 0 Å². The van der Waals surface area contributed by atoms with Crippen LogP contribution in [-0.4, -0.2) is 0 Å². The van der Waals surface area contributed by atoms with Crippen molar-refractivity contribution in [1.82, 2.24) is 0 Å². The molecule has 1 heteroatoms. The van der Waals surface area contributed by atoms with Crippen LogP contribution < -0.4 is 0 Å². The van der Waals surface area contributed by atoms with Crippen LogP contribution in [0.3, 0.4) is 0 Å². The summed E-state index contributed by atoms with van der Waals surface area (Å²) in [6, 6.07) is 0. The van der Waals surface area contributed by atoms with Gasteiger partial charge in [-0.15, -0.1) is 0 Å². The molecule has 0 aromatic rings. The molecular weight excluding hydrogens is 221 g/mol. The molecule has 0 saturated carbocycles. The van der Waals surface area contributed by atoms with Crippen LogP contribution in [0.1, 0.15) is 47.5 Å². The normalized spacial score (nSPS) is 12.2. The molecule has 69 valence electrons. The predicted molar refractivity (Wildman–Crippen MR) is 52.4 cm³/mol. The van der Waals surface area contributed by atoms with Gasteiger partial charge in [-0.3, -0.25) is 0 Å². The molecule has 12 heavy (non-hydrogen) atoms. The molecule has 0 aromatic carbocycles. The Morgan fingerprint density at radius 2 is 1.83 bits per heavy atom. The second-order valence-electron chi connectivity index (χ2n) is 3.84. The molecule has 0 spiro atoms. The standard InChI is InChI=1S/C11H21.Y/c1-9(2)7-6-8-11(5)10(3)4;/h7,11H,6,8H2,1-5H3;/q-1;. The fourth-order valence-corrected chi connectivity index (χ4v) is 0.911. The minimum absolute atomic E-state index is 0. The quantitative estimate of drug-likeness (QED) is 0.516. The van der Waals surface area contributed by atoms with E-state index in [4.69, 9.17) is 0 Å². The monoisotopic (exact) mass is 242 g/mol. The summed E-state index contributed by atoms with van der Waals surface area (Å²) in [6.07, 6.45) is 4.85. The molecule has 0 heterocycles. The number of hydrogen-bond acceptors (Lipinski definition) is 0. The van der Waals surface area contributed by atoms with Crippen LogP contribution in [0.15, 0.2) is 11.6 Å². The first-order chi connectivity index (χ1) is 5.04. The molecule has 0 N–H and O–H groups in total. The Hall–Kier alpha value is 0.844. The molecule has 0 amide bonds. The van der Waals surface area contributed by atoms with Crippen molar-refractivity contribution in [3.05, 3.63) is 17.6 Å². The molecule has 0 rings (SSSR count). The molecule has 1 unspecified atom stereocenters. The Bertz CT molecular complexity index is 121. The smallest absolute Gasteiger partial charge is 0 e. The van der Waals surface area contributed by atoms with Gasteiger partial charge in [0.1, 0.15) is 0 Å². The van der Waals surface area contributed by atoms with Crippen molar-refractivity contribution < 1.29 is 32.7 Å². The van der Waals surface area contributed by atoms with Crippen molar-refractivity contribution in [2.45, 2.75) is 47.5 Å². The molecule has 0 aliphatic rings. The fourth-order valence-electron chi connectivity index (χ4n) is 0.911. The van der Waals surface area contributed by atoms with Crippen molar-refractivity contribution in [3.63, 3.8) is 0 Å². The summed E-state index contributed by atoms with van der Waals surface area (Å²) in [4.78, 5) is 0. The van der Waals surface area contributed by atoms with E-state index in [1.807, 2.05) is 0 Å². The summed E-state index contributed by atoms with van der Waals surface area (Å²) in [6.45, 7) is 11.1. The van der Waals surface area contributed by atoms with Crippen LogP contribution in [0.4, 0.5) is 0 Å². The number of allylic oxidation sites excluding steroid dienone is 2. The first kappa shape index (κ1) is 15.3. The van der Waals surface area contributed by atoms with E-state index in [0.29, 0.717) is 0 Å². The SMILES string of the molecule is CC(C)=CCCC(C)[C-](C)C.[Y]. The molecule has 0 bridgehead atoms. The van der Waals surface area contributed by atoms with Gasteiger partial charge in [-0.1, -0.05) is 25.0 Å². The fraction of sp³-hybridized carbons (Fsp3) is 0.727. The van der Waals surface area contributed by atoms with Crippen molar-refractivity contribution in [1.29, 1.82) is 0 Å². The molecule has 1 radical (unpaired) electrons. The van der Waals surface area contributed by atoms with E-state index >= 15 is 0 Å². The van der Waals surface area contributed by atoms with E-state index in [1.165, 1.54) is 18.4 Å². The maximum atomic E-state index is 2.32. The summed E-state index contributed by atoms with van der Waals surface area (Å²) in [5, 5.41) is 0. The molecule has 0 aliphatic carbocycles. The molecule has 0 fully saturated rings. The molecule has 0 aliphatic heterocycles. The summed E-state index contributed by atoms with van der Waals surface area (Å²) in [7, 11) is 0. The zero-order chi connectivity index (χ0) is 8.85. The second-order valence-corrected chi connectivity index (χ2v) is 3.84. The van der Waals surface area contributed by atoms with Crippen LogP contribution in [-0.2, 0) is 32.7 Å². The summed E-state index contributed by atoms with van der Waals surface area (Å²) in [5.74, 6) is 2.33. The largest absolute Gasteiger partial charge is 0.317 e. The minimum Gasteiger partial charge on any atom is -0.317 e. The number of hydrogen-bond donors (Lipinski definition) is 0. The van der Waals surface area contributed by atoms with Crippen LogP contribution in [0.2, 0.25) is 0 Å². The van der Waals surface area contributed by atoms with Crippen molar-refractivity contribution in [2.24, 2.45) is 5.92 Å². The van der Waals surface area contributed by atoms with Crippen LogP contribution in [0.5, 0.6) is 0 Å². The van der Waals surface area contributed by atoms with Crippen LogP contribution in [0.25, 0.3) is 0 Å². The van der Waals surface area contributed by atoms with Crippen molar-refractivity contribution in [2.75, 3.05) is 0 Å². The van der Waals surface area contributed by atoms with Gasteiger partial charge in [-0.2, -0.15) is 19.8 Å². The van der Waals surface area contributed by atoms with Gasteiger partial charge in [0.2, 0.25) is 0 Å². The molecule has 0 saturated heterocycles. The third-order valence-electron chi connectivity index (χ3n) is 2.14. The Morgan fingerprint density at radius 1 is 1.33 bits per heavy atom.